The van der Waals surface area contributed by atoms with Gasteiger partial charge in [0.2, 0.25) is 0 Å². The van der Waals surface area contributed by atoms with Crippen LogP contribution in [0.2, 0.25) is 5.02 Å². The van der Waals surface area contributed by atoms with Crippen LogP contribution in [0.5, 0.6) is 0 Å². The van der Waals surface area contributed by atoms with E-state index in [9.17, 15) is 4.79 Å². The number of rotatable bonds is 4. The Morgan fingerprint density at radius 1 is 1.53 bits per heavy atom. The van der Waals surface area contributed by atoms with Gasteiger partial charge in [-0.05, 0) is 25.1 Å². The zero-order valence-electron chi connectivity index (χ0n) is 10.5. The summed E-state index contributed by atoms with van der Waals surface area (Å²) in [5, 5.41) is 7.29. The topological polar surface area (TPSA) is 72.9 Å². The lowest BCUT2D eigenvalue weighted by molar-refractivity contribution is 0.0937. The molecule has 0 saturated heterocycles. The largest absolute Gasteiger partial charge is 0.398 e. The van der Waals surface area contributed by atoms with E-state index in [0.29, 0.717) is 22.8 Å². The molecule has 6 heteroatoms. The first-order valence-electron chi connectivity index (χ1n) is 5.90. The Balaban J connectivity index is 2.04. The van der Waals surface area contributed by atoms with Crippen LogP contribution >= 0.6 is 11.6 Å². The highest BCUT2D eigenvalue weighted by Crippen LogP contribution is 2.21. The quantitative estimate of drug-likeness (QED) is 0.840. The Labute approximate surface area is 116 Å². The monoisotopic (exact) mass is 278 g/mol. The predicted octanol–water partition coefficient (Wildman–Crippen LogP) is 1.94. The highest BCUT2D eigenvalue weighted by molar-refractivity contribution is 6.34. The van der Waals surface area contributed by atoms with Gasteiger partial charge in [-0.3, -0.25) is 9.48 Å². The molecule has 100 valence electrons. The average molecular weight is 279 g/mol. The van der Waals surface area contributed by atoms with Gasteiger partial charge < -0.3 is 11.1 Å². The Hall–Kier alpha value is -2.01. The molecule has 0 saturated carbocycles. The van der Waals surface area contributed by atoms with E-state index in [-0.39, 0.29) is 11.9 Å². The number of aromatic nitrogens is 2. The molecule has 1 amide bonds. The van der Waals surface area contributed by atoms with Crippen LogP contribution in [-0.4, -0.2) is 21.7 Å². The maximum absolute atomic E-state index is 12.1. The number of nitrogen functional groups attached to an aromatic ring is 1. The zero-order chi connectivity index (χ0) is 13.8. The summed E-state index contributed by atoms with van der Waals surface area (Å²) in [6, 6.07) is 6.76. The number of hydrogen-bond donors (Lipinski definition) is 2. The third-order valence-corrected chi connectivity index (χ3v) is 2.99. The number of amides is 1. The molecular weight excluding hydrogens is 264 g/mol. The normalized spacial score (nSPS) is 12.1. The molecule has 2 aromatic rings. The van der Waals surface area contributed by atoms with Gasteiger partial charge in [0.05, 0.1) is 17.1 Å². The number of benzene rings is 1. The Morgan fingerprint density at radius 2 is 2.32 bits per heavy atom. The van der Waals surface area contributed by atoms with E-state index < -0.39 is 0 Å². The number of nitrogens with two attached hydrogens (primary N) is 1. The number of nitrogens with one attached hydrogen (secondary N) is 1. The van der Waals surface area contributed by atoms with Gasteiger partial charge in [-0.25, -0.2) is 0 Å². The molecule has 0 aliphatic carbocycles. The summed E-state index contributed by atoms with van der Waals surface area (Å²) in [6.07, 6.45) is 3.53. The van der Waals surface area contributed by atoms with E-state index in [4.69, 9.17) is 17.3 Å². The summed E-state index contributed by atoms with van der Waals surface area (Å²) in [7, 11) is 0. The molecule has 1 unspecified atom stereocenters. The van der Waals surface area contributed by atoms with Crippen LogP contribution in [0.4, 0.5) is 5.69 Å². The van der Waals surface area contributed by atoms with Gasteiger partial charge in [-0.15, -0.1) is 0 Å². The van der Waals surface area contributed by atoms with E-state index in [2.05, 4.69) is 10.4 Å². The van der Waals surface area contributed by atoms with Crippen molar-refractivity contribution < 1.29 is 4.79 Å². The van der Waals surface area contributed by atoms with Gasteiger partial charge in [0.15, 0.2) is 0 Å². The maximum atomic E-state index is 12.1. The van der Waals surface area contributed by atoms with Crippen LogP contribution in [0.15, 0.2) is 36.7 Å². The van der Waals surface area contributed by atoms with E-state index in [0.717, 1.165) is 0 Å². The molecule has 1 aromatic carbocycles. The van der Waals surface area contributed by atoms with Gasteiger partial charge in [0, 0.05) is 24.1 Å². The van der Waals surface area contributed by atoms with Crippen molar-refractivity contribution in [2.45, 2.75) is 19.5 Å². The van der Waals surface area contributed by atoms with Crippen molar-refractivity contribution in [3.63, 3.8) is 0 Å². The summed E-state index contributed by atoms with van der Waals surface area (Å²) in [6.45, 7) is 2.48. The zero-order valence-corrected chi connectivity index (χ0v) is 11.3. The molecule has 2 rings (SSSR count). The summed E-state index contributed by atoms with van der Waals surface area (Å²) >= 11 is 5.99. The van der Waals surface area contributed by atoms with Crippen LogP contribution in [0.3, 0.4) is 0 Å². The van der Waals surface area contributed by atoms with E-state index in [1.807, 2.05) is 19.2 Å². The fourth-order valence-electron chi connectivity index (χ4n) is 1.81. The molecule has 3 N–H and O–H groups in total. The maximum Gasteiger partial charge on any atom is 0.255 e. The van der Waals surface area contributed by atoms with Crippen molar-refractivity contribution >= 4 is 23.2 Å². The third kappa shape index (κ3) is 3.26. The van der Waals surface area contributed by atoms with E-state index >= 15 is 0 Å². The highest BCUT2D eigenvalue weighted by atomic mass is 35.5. The lowest BCUT2D eigenvalue weighted by atomic mass is 10.1. The minimum Gasteiger partial charge on any atom is -0.398 e. The Morgan fingerprint density at radius 3 is 2.95 bits per heavy atom. The van der Waals surface area contributed by atoms with Crippen LogP contribution in [0.25, 0.3) is 0 Å². The Bertz CT molecular complexity index is 548. The van der Waals surface area contributed by atoms with Crippen LogP contribution in [0.1, 0.15) is 17.3 Å². The van der Waals surface area contributed by atoms with Crippen LogP contribution in [0, 0.1) is 0 Å². The van der Waals surface area contributed by atoms with Crippen molar-refractivity contribution in [2.24, 2.45) is 0 Å². The van der Waals surface area contributed by atoms with Gasteiger partial charge in [0.25, 0.3) is 5.91 Å². The lowest BCUT2D eigenvalue weighted by Gasteiger charge is -2.15. The van der Waals surface area contributed by atoms with Crippen molar-refractivity contribution in [1.82, 2.24) is 15.1 Å². The number of halogens is 1. The first-order chi connectivity index (χ1) is 9.08. The van der Waals surface area contributed by atoms with Crippen molar-refractivity contribution in [3.8, 4) is 0 Å². The van der Waals surface area contributed by atoms with Gasteiger partial charge >= 0.3 is 0 Å². The van der Waals surface area contributed by atoms with Gasteiger partial charge in [0.1, 0.15) is 0 Å². The number of nitrogens with zero attached hydrogens (tertiary/aromatic N) is 2. The number of carbonyl (C=O) groups excluding carboxylic acids is 1. The fourth-order valence-corrected chi connectivity index (χ4v) is 2.08. The molecule has 5 nitrogen and oxygen atoms in total. The highest BCUT2D eigenvalue weighted by Gasteiger charge is 2.16. The molecular formula is C13H15ClN4O. The minimum absolute atomic E-state index is 0.0805. The molecule has 0 radical (unpaired) electrons. The summed E-state index contributed by atoms with van der Waals surface area (Å²) in [5.41, 5.74) is 6.46. The summed E-state index contributed by atoms with van der Waals surface area (Å²) < 4.78 is 1.75. The van der Waals surface area contributed by atoms with Gasteiger partial charge in [-0.1, -0.05) is 17.7 Å². The third-order valence-electron chi connectivity index (χ3n) is 2.67. The van der Waals surface area contributed by atoms with Crippen molar-refractivity contribution in [1.29, 1.82) is 0 Å². The molecule has 0 spiro atoms. The number of anilines is 1. The van der Waals surface area contributed by atoms with Crippen LogP contribution < -0.4 is 11.1 Å². The van der Waals surface area contributed by atoms with Crippen molar-refractivity contribution in [2.75, 3.05) is 5.73 Å². The van der Waals surface area contributed by atoms with Crippen LogP contribution in [-0.2, 0) is 6.54 Å². The fraction of sp³-hybridized carbons (Fsp3) is 0.231. The Kier molecular flexibility index (Phi) is 4.06. The second-order valence-electron chi connectivity index (χ2n) is 4.31. The van der Waals surface area contributed by atoms with Gasteiger partial charge in [-0.2, -0.15) is 5.10 Å². The molecule has 1 heterocycles. The molecule has 0 fully saturated rings. The summed E-state index contributed by atoms with van der Waals surface area (Å²) in [4.78, 5) is 12.1. The SMILES string of the molecule is CC(Cn1cccn1)NC(=O)c1c(N)cccc1Cl. The second-order valence-corrected chi connectivity index (χ2v) is 4.71. The molecule has 0 aliphatic rings. The first-order valence-corrected chi connectivity index (χ1v) is 6.28. The lowest BCUT2D eigenvalue weighted by Crippen LogP contribution is -2.36. The molecule has 1 aromatic heterocycles. The standard InChI is InChI=1S/C13H15ClN4O/c1-9(8-18-7-3-6-16-18)17-13(19)12-10(14)4-2-5-11(12)15/h2-7,9H,8,15H2,1H3,(H,17,19). The molecule has 0 aliphatic heterocycles. The van der Waals surface area contributed by atoms with E-state index in [1.54, 1.807) is 29.1 Å². The molecule has 1 atom stereocenters. The average Bonchev–Trinajstić information content (AvgIpc) is 2.81. The number of hydrogen-bond acceptors (Lipinski definition) is 3. The molecule has 0 bridgehead atoms. The van der Waals surface area contributed by atoms with E-state index in [1.165, 1.54) is 0 Å². The van der Waals surface area contributed by atoms with Crippen molar-refractivity contribution in [3.05, 3.63) is 47.2 Å². The smallest absolute Gasteiger partial charge is 0.255 e. The molecule has 19 heavy (non-hydrogen) atoms. The first kappa shape index (κ1) is 13.4. The minimum atomic E-state index is -0.275. The number of carbonyl (C=O) groups is 1. The summed E-state index contributed by atoms with van der Waals surface area (Å²) in [5.74, 6) is -0.275. The predicted molar refractivity (Wildman–Crippen MR) is 75.0 cm³/mol. The second kappa shape index (κ2) is 5.75.